The highest BCUT2D eigenvalue weighted by Gasteiger charge is 2.11. The Hall–Kier alpha value is -1.88. The minimum atomic E-state index is -0.198. The molecular weight excluding hydrogens is 248 g/mol. The number of phenolic OH excluding ortho intramolecular Hbond substituents is 1. The van der Waals surface area contributed by atoms with Crippen LogP contribution in [0.1, 0.15) is 26.6 Å². The van der Waals surface area contributed by atoms with E-state index in [1.165, 1.54) is 11.3 Å². The van der Waals surface area contributed by atoms with Crippen LogP contribution in [-0.4, -0.2) is 16.0 Å². The van der Waals surface area contributed by atoms with E-state index < -0.39 is 0 Å². The van der Waals surface area contributed by atoms with Gasteiger partial charge in [0, 0.05) is 22.2 Å². The van der Waals surface area contributed by atoms with Gasteiger partial charge in [0.15, 0.2) is 0 Å². The van der Waals surface area contributed by atoms with Crippen molar-refractivity contribution in [2.75, 3.05) is 0 Å². The summed E-state index contributed by atoms with van der Waals surface area (Å²) in [5, 5.41) is 15.2. The van der Waals surface area contributed by atoms with E-state index in [1.54, 1.807) is 25.1 Å². The van der Waals surface area contributed by atoms with Crippen LogP contribution in [0.5, 0.6) is 5.75 Å². The van der Waals surface area contributed by atoms with E-state index in [2.05, 4.69) is 10.3 Å². The van der Waals surface area contributed by atoms with Gasteiger partial charge in [0.25, 0.3) is 5.91 Å². The molecule has 1 aromatic carbocycles. The van der Waals surface area contributed by atoms with Crippen molar-refractivity contribution in [1.29, 1.82) is 0 Å². The minimum absolute atomic E-state index is 0.132. The summed E-state index contributed by atoms with van der Waals surface area (Å²) in [5.41, 5.74) is 2.03. The summed E-state index contributed by atoms with van der Waals surface area (Å²) in [6.45, 7) is 4.05. The molecule has 0 fully saturated rings. The molecule has 0 aliphatic carbocycles. The number of aromatic hydroxyl groups is 1. The summed E-state index contributed by atoms with van der Waals surface area (Å²) < 4.78 is 0. The zero-order valence-corrected chi connectivity index (χ0v) is 11.0. The Bertz CT molecular complexity index is 578. The van der Waals surface area contributed by atoms with Crippen LogP contribution in [0.3, 0.4) is 0 Å². The number of phenols is 1. The van der Waals surface area contributed by atoms with Gasteiger partial charge in [-0.1, -0.05) is 6.07 Å². The smallest absolute Gasteiger partial charge is 0.252 e. The SMILES string of the molecule is Cc1csc(CNC(=O)c2cccc(O)c2C)n1. The molecule has 18 heavy (non-hydrogen) atoms. The summed E-state index contributed by atoms with van der Waals surface area (Å²) >= 11 is 1.52. The molecule has 0 atom stereocenters. The Balaban J connectivity index is 2.06. The number of amides is 1. The number of carbonyl (C=O) groups is 1. The molecule has 2 aromatic rings. The standard InChI is InChI=1S/C13H14N2O2S/c1-8-7-18-12(15-8)6-14-13(17)10-4-3-5-11(16)9(10)2/h3-5,7,16H,6H2,1-2H3,(H,14,17). The summed E-state index contributed by atoms with van der Waals surface area (Å²) in [6, 6.07) is 4.92. The fourth-order valence-corrected chi connectivity index (χ4v) is 2.32. The molecule has 1 heterocycles. The van der Waals surface area contributed by atoms with Gasteiger partial charge in [-0.05, 0) is 26.0 Å². The van der Waals surface area contributed by atoms with Crippen LogP contribution >= 0.6 is 11.3 Å². The predicted molar refractivity (Wildman–Crippen MR) is 70.9 cm³/mol. The van der Waals surface area contributed by atoms with Crippen molar-refractivity contribution >= 4 is 17.2 Å². The number of thiazole rings is 1. The van der Waals surface area contributed by atoms with Crippen LogP contribution in [0.15, 0.2) is 23.6 Å². The van der Waals surface area contributed by atoms with Crippen LogP contribution in [0.2, 0.25) is 0 Å². The number of nitrogens with zero attached hydrogens (tertiary/aromatic N) is 1. The second kappa shape index (κ2) is 5.18. The maximum absolute atomic E-state index is 12.0. The third-order valence-electron chi connectivity index (χ3n) is 2.62. The van der Waals surface area contributed by atoms with E-state index in [-0.39, 0.29) is 11.7 Å². The number of carbonyl (C=O) groups excluding carboxylic acids is 1. The zero-order chi connectivity index (χ0) is 13.1. The molecule has 0 saturated carbocycles. The van der Waals surface area contributed by atoms with Gasteiger partial charge in [0.1, 0.15) is 10.8 Å². The summed E-state index contributed by atoms with van der Waals surface area (Å²) in [7, 11) is 0. The highest BCUT2D eigenvalue weighted by atomic mass is 32.1. The van der Waals surface area contributed by atoms with Gasteiger partial charge >= 0.3 is 0 Å². The van der Waals surface area contributed by atoms with Crippen molar-refractivity contribution < 1.29 is 9.90 Å². The molecule has 5 heteroatoms. The third-order valence-corrected chi connectivity index (χ3v) is 3.58. The monoisotopic (exact) mass is 262 g/mol. The van der Waals surface area contributed by atoms with Crippen LogP contribution in [0.25, 0.3) is 0 Å². The van der Waals surface area contributed by atoms with E-state index in [9.17, 15) is 9.90 Å². The molecule has 1 amide bonds. The first-order valence-electron chi connectivity index (χ1n) is 5.55. The Morgan fingerprint density at radius 2 is 2.22 bits per heavy atom. The van der Waals surface area contributed by atoms with Crippen molar-refractivity contribution in [3.8, 4) is 5.75 Å². The van der Waals surface area contributed by atoms with E-state index in [1.807, 2.05) is 12.3 Å². The lowest BCUT2D eigenvalue weighted by molar-refractivity contribution is 0.0950. The van der Waals surface area contributed by atoms with Crippen molar-refractivity contribution in [2.45, 2.75) is 20.4 Å². The number of hydrogen-bond donors (Lipinski definition) is 2. The Kier molecular flexibility index (Phi) is 3.62. The Labute approximate surface area is 109 Å². The normalized spacial score (nSPS) is 10.3. The molecule has 0 aliphatic heterocycles. The van der Waals surface area contributed by atoms with Gasteiger partial charge in [0.05, 0.1) is 6.54 Å². The fraction of sp³-hybridized carbons (Fsp3) is 0.231. The number of aryl methyl sites for hydroxylation is 1. The predicted octanol–water partition coefficient (Wildman–Crippen LogP) is 2.40. The van der Waals surface area contributed by atoms with Gasteiger partial charge in [-0.3, -0.25) is 4.79 Å². The van der Waals surface area contributed by atoms with E-state index >= 15 is 0 Å². The molecule has 2 rings (SSSR count). The van der Waals surface area contributed by atoms with Crippen LogP contribution in [-0.2, 0) is 6.54 Å². The molecular formula is C13H14N2O2S. The lowest BCUT2D eigenvalue weighted by Gasteiger charge is -2.07. The minimum Gasteiger partial charge on any atom is -0.508 e. The van der Waals surface area contributed by atoms with Crippen molar-refractivity contribution in [3.63, 3.8) is 0 Å². The zero-order valence-electron chi connectivity index (χ0n) is 10.2. The van der Waals surface area contributed by atoms with Gasteiger partial charge in [-0.15, -0.1) is 11.3 Å². The van der Waals surface area contributed by atoms with Crippen molar-refractivity contribution in [2.24, 2.45) is 0 Å². The maximum atomic E-state index is 12.0. The van der Waals surface area contributed by atoms with Crippen LogP contribution < -0.4 is 5.32 Å². The molecule has 0 saturated heterocycles. The first kappa shape index (κ1) is 12.6. The fourth-order valence-electron chi connectivity index (χ4n) is 1.60. The van der Waals surface area contributed by atoms with E-state index in [4.69, 9.17) is 0 Å². The summed E-state index contributed by atoms with van der Waals surface area (Å²) in [5.74, 6) is -0.0657. The summed E-state index contributed by atoms with van der Waals surface area (Å²) in [4.78, 5) is 16.2. The number of aromatic nitrogens is 1. The lowest BCUT2D eigenvalue weighted by atomic mass is 10.1. The number of rotatable bonds is 3. The van der Waals surface area contributed by atoms with Crippen LogP contribution in [0.4, 0.5) is 0 Å². The second-order valence-electron chi connectivity index (χ2n) is 4.02. The van der Waals surface area contributed by atoms with Gasteiger partial charge in [-0.25, -0.2) is 4.98 Å². The quantitative estimate of drug-likeness (QED) is 0.892. The molecule has 0 bridgehead atoms. The molecule has 1 aromatic heterocycles. The lowest BCUT2D eigenvalue weighted by Crippen LogP contribution is -2.23. The van der Waals surface area contributed by atoms with E-state index in [0.717, 1.165) is 10.7 Å². The Morgan fingerprint density at radius 1 is 1.44 bits per heavy atom. The van der Waals surface area contributed by atoms with Crippen molar-refractivity contribution in [1.82, 2.24) is 10.3 Å². The molecule has 94 valence electrons. The molecule has 0 radical (unpaired) electrons. The highest BCUT2D eigenvalue weighted by molar-refractivity contribution is 7.09. The summed E-state index contributed by atoms with van der Waals surface area (Å²) in [6.07, 6.45) is 0. The van der Waals surface area contributed by atoms with Crippen molar-refractivity contribution in [3.05, 3.63) is 45.4 Å². The molecule has 4 nitrogen and oxygen atoms in total. The van der Waals surface area contributed by atoms with E-state index in [0.29, 0.717) is 17.7 Å². The maximum Gasteiger partial charge on any atom is 0.252 e. The van der Waals surface area contributed by atoms with Gasteiger partial charge in [0.2, 0.25) is 0 Å². The highest BCUT2D eigenvalue weighted by Crippen LogP contribution is 2.19. The molecule has 0 aliphatic rings. The molecule has 0 spiro atoms. The average Bonchev–Trinajstić information content (AvgIpc) is 2.76. The Morgan fingerprint density at radius 3 is 2.89 bits per heavy atom. The van der Waals surface area contributed by atoms with Gasteiger partial charge < -0.3 is 10.4 Å². The molecule has 2 N–H and O–H groups in total. The topological polar surface area (TPSA) is 62.2 Å². The number of hydrogen-bond acceptors (Lipinski definition) is 4. The second-order valence-corrected chi connectivity index (χ2v) is 4.96. The number of nitrogens with one attached hydrogen (secondary N) is 1. The first-order valence-corrected chi connectivity index (χ1v) is 6.43. The van der Waals surface area contributed by atoms with Gasteiger partial charge in [-0.2, -0.15) is 0 Å². The average molecular weight is 262 g/mol. The first-order chi connectivity index (χ1) is 8.58. The largest absolute Gasteiger partial charge is 0.508 e. The molecule has 0 unspecified atom stereocenters. The number of benzene rings is 1. The third kappa shape index (κ3) is 2.68. The van der Waals surface area contributed by atoms with Crippen LogP contribution in [0, 0.1) is 13.8 Å².